The highest BCUT2D eigenvalue weighted by Gasteiger charge is 2.62. The zero-order valence-electron chi connectivity index (χ0n) is 14.0. The average Bonchev–Trinajstić information content (AvgIpc) is 2.96. The van der Waals surface area contributed by atoms with Crippen LogP contribution in [0.3, 0.4) is 0 Å². The maximum atomic E-state index is 12.4. The molecule has 0 spiro atoms. The molecule has 2 atom stereocenters. The first-order chi connectivity index (χ1) is 9.91. The molecule has 1 amide bonds. The molecule has 0 heterocycles. The van der Waals surface area contributed by atoms with Crippen LogP contribution in [0.25, 0.3) is 0 Å². The molecule has 0 aliphatic heterocycles. The number of carbonyl (C=O) groups excluding carboxylic acids is 1. The van der Waals surface area contributed by atoms with E-state index in [0.29, 0.717) is 32.3 Å². The maximum absolute atomic E-state index is 12.4. The Balaban J connectivity index is 0.00000242. The predicted octanol–water partition coefficient (Wildman–Crippen LogP) is 2.02. The van der Waals surface area contributed by atoms with E-state index < -0.39 is 5.54 Å². The molecule has 0 saturated heterocycles. The monoisotopic (exact) mass is 334 g/mol. The third-order valence-corrected chi connectivity index (χ3v) is 5.28. The standard InChI is InChI=1S/C16H30N2O3.ClH/c1-4-20-13-11-16(17,15(13,2)3)14(19)18-9-10-21-12-7-5-6-8-12;/h12-13H,4-11,17H2,1-3H3,(H,18,19);1H. The maximum Gasteiger partial charge on any atom is 0.240 e. The molecule has 6 heteroatoms. The van der Waals surface area contributed by atoms with Crippen molar-refractivity contribution in [3.05, 3.63) is 0 Å². The first kappa shape index (κ1) is 19.7. The van der Waals surface area contributed by atoms with E-state index in [-0.39, 0.29) is 29.8 Å². The van der Waals surface area contributed by atoms with Crippen molar-refractivity contribution in [3.8, 4) is 0 Å². The molecule has 2 rings (SSSR count). The summed E-state index contributed by atoms with van der Waals surface area (Å²) in [6, 6.07) is 0. The van der Waals surface area contributed by atoms with Crippen molar-refractivity contribution in [2.45, 2.75) is 70.6 Å². The fraction of sp³-hybridized carbons (Fsp3) is 0.938. The predicted molar refractivity (Wildman–Crippen MR) is 89.2 cm³/mol. The van der Waals surface area contributed by atoms with Crippen LogP contribution in [0.2, 0.25) is 0 Å². The summed E-state index contributed by atoms with van der Waals surface area (Å²) < 4.78 is 11.4. The summed E-state index contributed by atoms with van der Waals surface area (Å²) >= 11 is 0. The second-order valence-corrected chi connectivity index (χ2v) is 6.87. The SMILES string of the molecule is CCOC1CC(N)(C(=O)NCCOC2CCCC2)C1(C)C.Cl. The first-order valence-electron chi connectivity index (χ1n) is 8.22. The summed E-state index contributed by atoms with van der Waals surface area (Å²) in [7, 11) is 0. The van der Waals surface area contributed by atoms with Crippen molar-refractivity contribution in [1.82, 2.24) is 5.32 Å². The van der Waals surface area contributed by atoms with Crippen molar-refractivity contribution in [2.75, 3.05) is 19.8 Å². The van der Waals surface area contributed by atoms with Crippen LogP contribution in [0.1, 0.15) is 52.9 Å². The quantitative estimate of drug-likeness (QED) is 0.698. The Hall–Kier alpha value is -0.360. The topological polar surface area (TPSA) is 73.6 Å². The Morgan fingerprint density at radius 3 is 2.45 bits per heavy atom. The highest BCUT2D eigenvalue weighted by atomic mass is 35.5. The van der Waals surface area contributed by atoms with Crippen LogP contribution < -0.4 is 11.1 Å². The van der Waals surface area contributed by atoms with Crippen LogP contribution in [-0.4, -0.2) is 43.4 Å². The number of halogens is 1. The van der Waals surface area contributed by atoms with Gasteiger partial charge < -0.3 is 20.5 Å². The third-order valence-electron chi connectivity index (χ3n) is 5.28. The number of nitrogens with two attached hydrogens (primary N) is 1. The van der Waals surface area contributed by atoms with Gasteiger partial charge in [-0.3, -0.25) is 4.79 Å². The Morgan fingerprint density at radius 2 is 1.91 bits per heavy atom. The lowest BCUT2D eigenvalue weighted by atomic mass is 9.54. The summed E-state index contributed by atoms with van der Waals surface area (Å²) in [5.41, 5.74) is 5.15. The van der Waals surface area contributed by atoms with Gasteiger partial charge in [-0.1, -0.05) is 26.7 Å². The van der Waals surface area contributed by atoms with Gasteiger partial charge in [-0.05, 0) is 19.8 Å². The van der Waals surface area contributed by atoms with Crippen molar-refractivity contribution >= 4 is 18.3 Å². The zero-order valence-corrected chi connectivity index (χ0v) is 14.8. The van der Waals surface area contributed by atoms with E-state index in [2.05, 4.69) is 5.32 Å². The van der Waals surface area contributed by atoms with Gasteiger partial charge in [0.05, 0.1) is 18.8 Å². The molecule has 0 radical (unpaired) electrons. The van der Waals surface area contributed by atoms with Gasteiger partial charge >= 0.3 is 0 Å². The third kappa shape index (κ3) is 3.75. The normalized spacial score (nSPS) is 30.5. The van der Waals surface area contributed by atoms with Gasteiger partial charge in [-0.25, -0.2) is 0 Å². The molecule has 2 unspecified atom stereocenters. The van der Waals surface area contributed by atoms with E-state index in [1.165, 1.54) is 12.8 Å². The van der Waals surface area contributed by atoms with Crippen molar-refractivity contribution in [2.24, 2.45) is 11.1 Å². The van der Waals surface area contributed by atoms with Crippen LogP contribution in [-0.2, 0) is 14.3 Å². The minimum Gasteiger partial charge on any atom is -0.378 e. The summed E-state index contributed by atoms with van der Waals surface area (Å²) in [4.78, 5) is 12.4. The summed E-state index contributed by atoms with van der Waals surface area (Å²) in [5.74, 6) is -0.0847. The van der Waals surface area contributed by atoms with E-state index >= 15 is 0 Å². The highest BCUT2D eigenvalue weighted by Crippen LogP contribution is 2.49. The van der Waals surface area contributed by atoms with E-state index in [9.17, 15) is 4.79 Å². The number of hydrogen-bond donors (Lipinski definition) is 2. The Labute approximate surface area is 140 Å². The van der Waals surface area contributed by atoms with Crippen LogP contribution >= 0.6 is 12.4 Å². The fourth-order valence-electron chi connectivity index (χ4n) is 3.42. The van der Waals surface area contributed by atoms with Crippen LogP contribution in [0.15, 0.2) is 0 Å². The van der Waals surface area contributed by atoms with Crippen molar-refractivity contribution in [1.29, 1.82) is 0 Å². The van der Waals surface area contributed by atoms with Crippen LogP contribution in [0.5, 0.6) is 0 Å². The molecular formula is C16H31ClN2O3. The van der Waals surface area contributed by atoms with E-state index in [1.807, 2.05) is 20.8 Å². The second-order valence-electron chi connectivity index (χ2n) is 6.87. The number of ether oxygens (including phenoxy) is 2. The van der Waals surface area contributed by atoms with Gasteiger partial charge in [-0.15, -0.1) is 12.4 Å². The van der Waals surface area contributed by atoms with E-state index in [1.54, 1.807) is 0 Å². The van der Waals surface area contributed by atoms with Gasteiger partial charge in [0.1, 0.15) is 5.54 Å². The van der Waals surface area contributed by atoms with E-state index in [0.717, 1.165) is 12.8 Å². The molecule has 2 aliphatic rings. The zero-order chi connectivity index (χ0) is 15.5. The van der Waals surface area contributed by atoms with Crippen LogP contribution in [0.4, 0.5) is 0 Å². The Kier molecular flexibility index (Phi) is 7.12. The minimum absolute atomic E-state index is 0. The van der Waals surface area contributed by atoms with Gasteiger partial charge in [-0.2, -0.15) is 0 Å². The summed E-state index contributed by atoms with van der Waals surface area (Å²) in [6.07, 6.45) is 5.86. The lowest BCUT2D eigenvalue weighted by Gasteiger charge is -2.57. The second kappa shape index (κ2) is 7.95. The molecule has 0 aromatic heterocycles. The Bertz CT molecular complexity index is 372. The highest BCUT2D eigenvalue weighted by molar-refractivity contribution is 5.88. The van der Waals surface area contributed by atoms with Crippen molar-refractivity contribution < 1.29 is 14.3 Å². The lowest BCUT2D eigenvalue weighted by molar-refractivity contribution is -0.170. The molecule has 5 nitrogen and oxygen atoms in total. The molecule has 22 heavy (non-hydrogen) atoms. The van der Waals surface area contributed by atoms with Gasteiger partial charge in [0.2, 0.25) is 5.91 Å². The number of rotatable bonds is 7. The molecule has 0 bridgehead atoms. The number of carbonyl (C=O) groups is 1. The van der Waals surface area contributed by atoms with E-state index in [4.69, 9.17) is 15.2 Å². The minimum atomic E-state index is -0.833. The van der Waals surface area contributed by atoms with Crippen LogP contribution in [0, 0.1) is 5.41 Å². The molecule has 0 aromatic carbocycles. The molecule has 0 aromatic rings. The van der Waals surface area contributed by atoms with Gasteiger partial charge in [0.25, 0.3) is 0 Å². The number of hydrogen-bond acceptors (Lipinski definition) is 4. The van der Waals surface area contributed by atoms with Crippen molar-refractivity contribution in [3.63, 3.8) is 0 Å². The largest absolute Gasteiger partial charge is 0.378 e. The summed E-state index contributed by atoms with van der Waals surface area (Å²) in [6.45, 7) is 7.73. The van der Waals surface area contributed by atoms with Gasteiger partial charge in [0, 0.05) is 25.0 Å². The molecule has 130 valence electrons. The molecule has 2 saturated carbocycles. The molecule has 2 fully saturated rings. The molecular weight excluding hydrogens is 304 g/mol. The number of amides is 1. The smallest absolute Gasteiger partial charge is 0.240 e. The average molecular weight is 335 g/mol. The number of nitrogens with one attached hydrogen (secondary N) is 1. The lowest BCUT2D eigenvalue weighted by Crippen LogP contribution is -2.75. The Morgan fingerprint density at radius 1 is 1.27 bits per heavy atom. The molecule has 2 aliphatic carbocycles. The summed E-state index contributed by atoms with van der Waals surface area (Å²) in [5, 5.41) is 2.92. The molecule has 3 N–H and O–H groups in total. The fourth-order valence-corrected chi connectivity index (χ4v) is 3.42. The first-order valence-corrected chi connectivity index (χ1v) is 8.22. The van der Waals surface area contributed by atoms with Gasteiger partial charge in [0.15, 0.2) is 0 Å².